The van der Waals surface area contributed by atoms with Gasteiger partial charge in [-0.2, -0.15) is 0 Å². The van der Waals surface area contributed by atoms with E-state index in [1.807, 2.05) is 0 Å². The molecule has 0 saturated carbocycles. The lowest BCUT2D eigenvalue weighted by Crippen LogP contribution is -2.47. The molecule has 2 fully saturated rings. The van der Waals surface area contributed by atoms with Gasteiger partial charge in [0.05, 0.1) is 0 Å². The lowest BCUT2D eigenvalue weighted by Gasteiger charge is -2.35. The molecule has 1 aromatic heterocycles. The molecule has 3 heterocycles. The van der Waals surface area contributed by atoms with Gasteiger partial charge in [0.1, 0.15) is 5.67 Å². The van der Waals surface area contributed by atoms with Crippen molar-refractivity contribution in [3.63, 3.8) is 0 Å². The Bertz CT molecular complexity index is 409. The number of fused-ring (bicyclic) bond motifs is 2. The molecular weight excluding hydrogens is 217 g/mol. The van der Waals surface area contributed by atoms with E-state index in [2.05, 4.69) is 10.3 Å². The van der Waals surface area contributed by atoms with Gasteiger partial charge >= 0.3 is 0 Å². The summed E-state index contributed by atoms with van der Waals surface area (Å²) in [5.74, 6) is 0. The molecule has 2 bridgehead atoms. The number of nitrogen functional groups attached to an aromatic ring is 1. The van der Waals surface area contributed by atoms with E-state index in [0.717, 1.165) is 18.4 Å². The van der Waals surface area contributed by atoms with Gasteiger partial charge in [0.25, 0.3) is 0 Å². The minimum absolute atomic E-state index is 0.358. The van der Waals surface area contributed by atoms with Crippen LogP contribution in [0.4, 0.5) is 10.1 Å². The van der Waals surface area contributed by atoms with Crippen LogP contribution in [0.2, 0.25) is 0 Å². The fourth-order valence-corrected chi connectivity index (χ4v) is 3.26. The molecule has 2 atom stereocenters. The van der Waals surface area contributed by atoms with Gasteiger partial charge in [-0.1, -0.05) is 0 Å². The van der Waals surface area contributed by atoms with Crippen LogP contribution in [0.3, 0.4) is 0 Å². The van der Waals surface area contributed by atoms with Crippen LogP contribution in [-0.4, -0.2) is 22.7 Å². The Morgan fingerprint density at radius 2 is 2.12 bits per heavy atom. The molecule has 0 amide bonds. The summed E-state index contributed by atoms with van der Waals surface area (Å²) in [6, 6.07) is 2.46. The topological polar surface area (TPSA) is 50.9 Å². The van der Waals surface area contributed by atoms with Crippen LogP contribution in [0.15, 0.2) is 18.5 Å². The second-order valence-corrected chi connectivity index (χ2v) is 5.45. The van der Waals surface area contributed by atoms with Crippen LogP contribution in [-0.2, 0) is 6.42 Å². The highest BCUT2D eigenvalue weighted by atomic mass is 19.1. The second kappa shape index (κ2) is 3.95. The molecule has 3 nitrogen and oxygen atoms in total. The molecule has 92 valence electrons. The third-order valence-corrected chi connectivity index (χ3v) is 4.01. The van der Waals surface area contributed by atoms with Crippen LogP contribution < -0.4 is 11.1 Å². The van der Waals surface area contributed by atoms with Crippen molar-refractivity contribution in [3.8, 4) is 0 Å². The first kappa shape index (κ1) is 11.0. The van der Waals surface area contributed by atoms with Crippen LogP contribution in [0.5, 0.6) is 0 Å². The highest BCUT2D eigenvalue weighted by molar-refractivity contribution is 5.45. The minimum Gasteiger partial charge on any atom is -0.398 e. The van der Waals surface area contributed by atoms with Crippen molar-refractivity contribution in [2.75, 3.05) is 5.73 Å². The molecule has 2 saturated heterocycles. The zero-order valence-electron chi connectivity index (χ0n) is 9.82. The van der Waals surface area contributed by atoms with Gasteiger partial charge in [0, 0.05) is 36.6 Å². The molecule has 0 spiro atoms. The average molecular weight is 235 g/mol. The summed E-state index contributed by atoms with van der Waals surface area (Å²) >= 11 is 0. The first-order valence-corrected chi connectivity index (χ1v) is 6.28. The van der Waals surface area contributed by atoms with Gasteiger partial charge in [0.2, 0.25) is 0 Å². The van der Waals surface area contributed by atoms with Crippen LogP contribution in [0.25, 0.3) is 0 Å². The number of pyridine rings is 1. The van der Waals surface area contributed by atoms with E-state index in [-0.39, 0.29) is 0 Å². The number of anilines is 1. The maximum Gasteiger partial charge on any atom is 0.118 e. The molecule has 3 N–H and O–H groups in total. The van der Waals surface area contributed by atoms with Gasteiger partial charge in [-0.3, -0.25) is 4.98 Å². The van der Waals surface area contributed by atoms with E-state index in [1.54, 1.807) is 18.5 Å². The van der Waals surface area contributed by atoms with Crippen LogP contribution in [0.1, 0.15) is 31.2 Å². The van der Waals surface area contributed by atoms with Crippen molar-refractivity contribution in [1.82, 2.24) is 10.3 Å². The Morgan fingerprint density at radius 3 is 2.76 bits per heavy atom. The van der Waals surface area contributed by atoms with Crippen LogP contribution in [0, 0.1) is 0 Å². The smallest absolute Gasteiger partial charge is 0.118 e. The zero-order valence-corrected chi connectivity index (χ0v) is 9.82. The highest BCUT2D eigenvalue weighted by Crippen LogP contribution is 2.39. The largest absolute Gasteiger partial charge is 0.398 e. The molecule has 4 heteroatoms. The van der Waals surface area contributed by atoms with E-state index < -0.39 is 5.67 Å². The fourth-order valence-electron chi connectivity index (χ4n) is 3.26. The molecule has 2 unspecified atom stereocenters. The summed E-state index contributed by atoms with van der Waals surface area (Å²) in [6.45, 7) is 0. The standard InChI is InChI=1S/C13H18FN3/c14-13(5-9-8-16-4-3-12(9)15)6-10-1-2-11(7-13)17-10/h3-4,8,10-11,17H,1-2,5-7H2,(H2,15,16). The maximum atomic E-state index is 14.9. The molecule has 0 aliphatic carbocycles. The number of hydrogen-bond donors (Lipinski definition) is 2. The number of piperidine rings is 1. The zero-order chi connectivity index (χ0) is 11.9. The first-order chi connectivity index (χ1) is 8.15. The number of hydrogen-bond acceptors (Lipinski definition) is 3. The summed E-state index contributed by atoms with van der Waals surface area (Å²) in [5, 5.41) is 3.46. The Kier molecular flexibility index (Phi) is 2.54. The maximum absolute atomic E-state index is 14.9. The third-order valence-electron chi connectivity index (χ3n) is 4.01. The van der Waals surface area contributed by atoms with Gasteiger partial charge in [-0.25, -0.2) is 4.39 Å². The number of rotatable bonds is 2. The van der Waals surface area contributed by atoms with E-state index in [4.69, 9.17) is 5.73 Å². The van der Waals surface area contributed by atoms with E-state index in [1.165, 1.54) is 0 Å². The average Bonchev–Trinajstić information content (AvgIpc) is 2.62. The molecule has 2 aliphatic heterocycles. The van der Waals surface area contributed by atoms with Crippen LogP contribution >= 0.6 is 0 Å². The summed E-state index contributed by atoms with van der Waals surface area (Å²) in [6.07, 6.45) is 7.19. The quantitative estimate of drug-likeness (QED) is 0.822. The Balaban J connectivity index is 1.78. The fraction of sp³-hybridized carbons (Fsp3) is 0.615. The van der Waals surface area contributed by atoms with E-state index >= 15 is 0 Å². The monoisotopic (exact) mass is 235 g/mol. The lowest BCUT2D eigenvalue weighted by atomic mass is 9.84. The molecule has 2 aliphatic rings. The van der Waals surface area contributed by atoms with Crippen molar-refractivity contribution in [2.45, 2.75) is 49.9 Å². The Morgan fingerprint density at radius 1 is 1.41 bits per heavy atom. The summed E-state index contributed by atoms with van der Waals surface area (Å²) in [7, 11) is 0. The van der Waals surface area contributed by atoms with Crippen molar-refractivity contribution in [1.29, 1.82) is 0 Å². The molecule has 17 heavy (non-hydrogen) atoms. The molecular formula is C13H18FN3. The summed E-state index contributed by atoms with van der Waals surface area (Å²) in [5.41, 5.74) is 6.26. The van der Waals surface area contributed by atoms with Gasteiger partial charge < -0.3 is 11.1 Å². The second-order valence-electron chi connectivity index (χ2n) is 5.45. The van der Waals surface area contributed by atoms with E-state index in [0.29, 0.717) is 37.0 Å². The van der Waals surface area contributed by atoms with Crippen molar-refractivity contribution in [3.05, 3.63) is 24.0 Å². The number of aromatic nitrogens is 1. The number of alkyl halides is 1. The number of nitrogens with one attached hydrogen (secondary N) is 1. The highest BCUT2D eigenvalue weighted by Gasteiger charge is 2.44. The van der Waals surface area contributed by atoms with Gasteiger partial charge in [0.15, 0.2) is 0 Å². The normalized spacial score (nSPS) is 36.1. The summed E-state index contributed by atoms with van der Waals surface area (Å²) in [4.78, 5) is 4.03. The van der Waals surface area contributed by atoms with E-state index in [9.17, 15) is 4.39 Å². The molecule has 3 rings (SSSR count). The number of halogens is 1. The number of nitrogens with two attached hydrogens (primary N) is 1. The summed E-state index contributed by atoms with van der Waals surface area (Å²) < 4.78 is 14.9. The third kappa shape index (κ3) is 2.14. The molecule has 1 aromatic rings. The number of nitrogens with zero attached hydrogens (tertiary/aromatic N) is 1. The minimum atomic E-state index is -1.10. The van der Waals surface area contributed by atoms with Gasteiger partial charge in [-0.05, 0) is 37.3 Å². The Labute approximate surface area is 101 Å². The Hall–Kier alpha value is -1.16. The SMILES string of the molecule is Nc1ccncc1CC1(F)CC2CCC(C1)N2. The lowest BCUT2D eigenvalue weighted by molar-refractivity contribution is 0.0894. The molecule has 0 aromatic carbocycles. The van der Waals surface area contributed by atoms with Crippen molar-refractivity contribution < 1.29 is 4.39 Å². The van der Waals surface area contributed by atoms with Gasteiger partial charge in [-0.15, -0.1) is 0 Å². The first-order valence-electron chi connectivity index (χ1n) is 6.28. The predicted molar refractivity (Wildman–Crippen MR) is 65.4 cm³/mol. The van der Waals surface area contributed by atoms with Crippen molar-refractivity contribution >= 4 is 5.69 Å². The van der Waals surface area contributed by atoms with Crippen molar-refractivity contribution in [2.24, 2.45) is 0 Å². The molecule has 0 radical (unpaired) electrons. The predicted octanol–water partition coefficient (Wildman–Crippen LogP) is 1.83.